The van der Waals surface area contributed by atoms with Crippen LogP contribution < -0.4 is 10.7 Å². The van der Waals surface area contributed by atoms with E-state index in [1.807, 2.05) is 18.2 Å². The van der Waals surface area contributed by atoms with Gasteiger partial charge in [-0.05, 0) is 24.5 Å². The van der Waals surface area contributed by atoms with E-state index in [-0.39, 0.29) is 5.91 Å². The Morgan fingerprint density at radius 1 is 1.03 bits per heavy atom. The lowest BCUT2D eigenvalue weighted by molar-refractivity contribution is -0.120. The van der Waals surface area contributed by atoms with E-state index >= 15 is 0 Å². The van der Waals surface area contributed by atoms with E-state index in [0.717, 1.165) is 35.9 Å². The Morgan fingerprint density at radius 3 is 2.62 bits per heavy atom. The highest BCUT2D eigenvalue weighted by Crippen LogP contribution is 2.21. The molecule has 1 aromatic heterocycles. The molecule has 2 aromatic carbocycles. The number of hydrazone groups is 1. The Balaban J connectivity index is 1.40. The third-order valence-electron chi connectivity index (χ3n) is 5.56. The Morgan fingerprint density at radius 2 is 1.79 bits per heavy atom. The zero-order chi connectivity index (χ0) is 19.9. The van der Waals surface area contributed by atoms with Crippen LogP contribution in [0.3, 0.4) is 0 Å². The van der Waals surface area contributed by atoms with Crippen LogP contribution in [0.15, 0.2) is 65.9 Å². The van der Waals surface area contributed by atoms with Gasteiger partial charge in [0.05, 0.1) is 12.8 Å². The molecule has 0 bridgehead atoms. The highest BCUT2D eigenvalue weighted by molar-refractivity contribution is 5.99. The summed E-state index contributed by atoms with van der Waals surface area (Å²) in [4.78, 5) is 12.1. The quantitative estimate of drug-likeness (QED) is 0.474. The molecule has 0 atom stereocenters. The third kappa shape index (κ3) is 5.12. The van der Waals surface area contributed by atoms with Crippen LogP contribution in [-0.2, 0) is 11.3 Å². The van der Waals surface area contributed by atoms with Gasteiger partial charge in [0.25, 0.3) is 5.91 Å². The van der Waals surface area contributed by atoms with E-state index in [9.17, 15) is 4.79 Å². The zero-order valence-electron chi connectivity index (χ0n) is 16.7. The molecule has 1 saturated carbocycles. The second kappa shape index (κ2) is 9.52. The maximum absolute atomic E-state index is 12.1. The summed E-state index contributed by atoms with van der Waals surface area (Å²) >= 11 is 0. The van der Waals surface area contributed by atoms with Crippen LogP contribution in [0.5, 0.6) is 0 Å². The van der Waals surface area contributed by atoms with Gasteiger partial charge in [-0.2, -0.15) is 5.10 Å². The molecule has 4 rings (SSSR count). The summed E-state index contributed by atoms with van der Waals surface area (Å²) in [5.74, 6) is -0.0974. The molecule has 5 nitrogen and oxygen atoms in total. The van der Waals surface area contributed by atoms with Crippen molar-refractivity contribution in [2.45, 2.75) is 44.7 Å². The lowest BCUT2D eigenvalue weighted by Gasteiger charge is -2.22. The number of hydrogen-bond donors (Lipinski definition) is 2. The number of amides is 1. The predicted molar refractivity (Wildman–Crippen MR) is 118 cm³/mol. The standard InChI is InChI=1S/C24H28N4O/c29-24(16-25-21-11-5-2-6-12-21)27-26-15-20-18-28(17-19-9-3-1-4-10-19)23-14-8-7-13-22(20)23/h1,3-4,7-10,13-15,18,21,25H,2,5-6,11-12,16-17H2,(H,27,29)/b26-15-. The number of nitrogens with zero attached hydrogens (tertiary/aromatic N) is 2. The monoisotopic (exact) mass is 388 g/mol. The molecule has 29 heavy (non-hydrogen) atoms. The second-order valence-electron chi connectivity index (χ2n) is 7.72. The third-order valence-corrected chi connectivity index (χ3v) is 5.56. The Kier molecular flexibility index (Phi) is 6.37. The molecular weight excluding hydrogens is 360 g/mol. The van der Waals surface area contributed by atoms with Crippen molar-refractivity contribution in [2.75, 3.05) is 6.54 Å². The molecule has 0 spiro atoms. The van der Waals surface area contributed by atoms with Gasteiger partial charge in [0.2, 0.25) is 0 Å². The highest BCUT2D eigenvalue weighted by Gasteiger charge is 2.13. The highest BCUT2D eigenvalue weighted by atomic mass is 16.2. The summed E-state index contributed by atoms with van der Waals surface area (Å²) in [5, 5.41) is 8.67. The first-order valence-corrected chi connectivity index (χ1v) is 10.5. The summed E-state index contributed by atoms with van der Waals surface area (Å²) in [5.41, 5.74) is 6.05. The fourth-order valence-electron chi connectivity index (χ4n) is 4.05. The van der Waals surface area contributed by atoms with Gasteiger partial charge < -0.3 is 9.88 Å². The van der Waals surface area contributed by atoms with Crippen LogP contribution >= 0.6 is 0 Å². The number of hydrogen-bond acceptors (Lipinski definition) is 3. The predicted octanol–water partition coefficient (Wildman–Crippen LogP) is 4.06. The molecule has 0 aliphatic heterocycles. The van der Waals surface area contributed by atoms with Crippen molar-refractivity contribution < 1.29 is 4.79 Å². The van der Waals surface area contributed by atoms with Crippen LogP contribution in [0.1, 0.15) is 43.2 Å². The van der Waals surface area contributed by atoms with Crippen molar-refractivity contribution in [1.82, 2.24) is 15.3 Å². The van der Waals surface area contributed by atoms with E-state index < -0.39 is 0 Å². The van der Waals surface area contributed by atoms with Crippen molar-refractivity contribution in [2.24, 2.45) is 5.10 Å². The lowest BCUT2D eigenvalue weighted by atomic mass is 9.95. The largest absolute Gasteiger partial charge is 0.342 e. The zero-order valence-corrected chi connectivity index (χ0v) is 16.7. The van der Waals surface area contributed by atoms with Gasteiger partial charge in [0.15, 0.2) is 0 Å². The average molecular weight is 389 g/mol. The summed E-state index contributed by atoms with van der Waals surface area (Å²) in [6, 6.07) is 19.1. The van der Waals surface area contributed by atoms with Crippen molar-refractivity contribution in [3.8, 4) is 0 Å². The normalized spacial score (nSPS) is 15.2. The average Bonchev–Trinajstić information content (AvgIpc) is 3.11. The fraction of sp³-hybridized carbons (Fsp3) is 0.333. The van der Waals surface area contributed by atoms with E-state index in [0.29, 0.717) is 12.6 Å². The molecule has 1 heterocycles. The van der Waals surface area contributed by atoms with Gasteiger partial charge in [0.1, 0.15) is 0 Å². The van der Waals surface area contributed by atoms with Gasteiger partial charge in [-0.3, -0.25) is 4.79 Å². The topological polar surface area (TPSA) is 58.4 Å². The fourth-order valence-corrected chi connectivity index (χ4v) is 4.05. The van der Waals surface area contributed by atoms with Gasteiger partial charge in [0, 0.05) is 35.2 Å². The van der Waals surface area contributed by atoms with Gasteiger partial charge in [-0.25, -0.2) is 5.43 Å². The number of carbonyl (C=O) groups excluding carboxylic acids is 1. The van der Waals surface area contributed by atoms with E-state index in [4.69, 9.17) is 0 Å². The van der Waals surface area contributed by atoms with Gasteiger partial charge in [-0.1, -0.05) is 67.8 Å². The molecule has 1 fully saturated rings. The van der Waals surface area contributed by atoms with Crippen LogP contribution in [0.25, 0.3) is 10.9 Å². The minimum absolute atomic E-state index is 0.0974. The molecule has 0 radical (unpaired) electrons. The lowest BCUT2D eigenvalue weighted by Crippen LogP contribution is -2.38. The molecule has 3 aromatic rings. The first kappa shape index (κ1) is 19.4. The minimum Gasteiger partial charge on any atom is -0.342 e. The van der Waals surface area contributed by atoms with Crippen molar-refractivity contribution >= 4 is 23.0 Å². The minimum atomic E-state index is -0.0974. The summed E-state index contributed by atoms with van der Waals surface area (Å²) in [6.45, 7) is 1.12. The molecule has 1 aliphatic carbocycles. The number of para-hydroxylation sites is 1. The number of fused-ring (bicyclic) bond motifs is 1. The molecule has 1 amide bonds. The van der Waals surface area contributed by atoms with Gasteiger partial charge >= 0.3 is 0 Å². The van der Waals surface area contributed by atoms with Crippen LogP contribution in [0.4, 0.5) is 0 Å². The van der Waals surface area contributed by atoms with Crippen LogP contribution in [0.2, 0.25) is 0 Å². The first-order valence-electron chi connectivity index (χ1n) is 10.5. The van der Waals surface area contributed by atoms with Crippen molar-refractivity contribution in [3.63, 3.8) is 0 Å². The Bertz CT molecular complexity index is 971. The maximum Gasteiger partial charge on any atom is 0.254 e. The van der Waals surface area contributed by atoms with Gasteiger partial charge in [-0.15, -0.1) is 0 Å². The molecule has 0 unspecified atom stereocenters. The molecular formula is C24H28N4O. The molecule has 1 aliphatic rings. The Hall–Kier alpha value is -2.92. The molecule has 150 valence electrons. The SMILES string of the molecule is O=C(CNC1CCCCC1)N/N=C\c1cn(Cc2ccccc2)c2ccccc12. The molecule has 0 saturated heterocycles. The van der Waals surface area contributed by atoms with Crippen LogP contribution in [-0.4, -0.2) is 29.3 Å². The van der Waals surface area contributed by atoms with E-state index in [1.165, 1.54) is 24.8 Å². The number of benzene rings is 2. The second-order valence-corrected chi connectivity index (χ2v) is 7.72. The number of nitrogens with one attached hydrogen (secondary N) is 2. The summed E-state index contributed by atoms with van der Waals surface area (Å²) in [6.07, 6.45) is 9.98. The van der Waals surface area contributed by atoms with E-state index in [2.05, 4.69) is 63.0 Å². The molecule has 2 N–H and O–H groups in total. The Labute approximate surface area is 171 Å². The maximum atomic E-state index is 12.1. The smallest absolute Gasteiger partial charge is 0.254 e. The van der Waals surface area contributed by atoms with Crippen molar-refractivity contribution in [3.05, 3.63) is 71.9 Å². The summed E-state index contributed by atoms with van der Waals surface area (Å²) in [7, 11) is 0. The van der Waals surface area contributed by atoms with E-state index in [1.54, 1.807) is 6.21 Å². The molecule has 5 heteroatoms. The number of rotatable bonds is 7. The number of carbonyl (C=O) groups is 1. The first-order chi connectivity index (χ1) is 14.3. The number of aromatic nitrogens is 1. The summed E-state index contributed by atoms with van der Waals surface area (Å²) < 4.78 is 2.22. The van der Waals surface area contributed by atoms with Crippen LogP contribution in [0, 0.1) is 0 Å². The van der Waals surface area contributed by atoms with Crippen molar-refractivity contribution in [1.29, 1.82) is 0 Å².